The Morgan fingerprint density at radius 1 is 0.800 bits per heavy atom. The molecule has 0 saturated heterocycles. The van der Waals surface area contributed by atoms with Crippen molar-refractivity contribution < 1.29 is 0 Å². The van der Waals surface area contributed by atoms with E-state index in [1.54, 1.807) is 0 Å². The lowest BCUT2D eigenvalue weighted by Gasteiger charge is -2.41. The van der Waals surface area contributed by atoms with E-state index >= 15 is 0 Å². The van der Waals surface area contributed by atoms with Crippen molar-refractivity contribution in [1.29, 1.82) is 0 Å². The van der Waals surface area contributed by atoms with E-state index in [1.165, 1.54) is 12.1 Å². The summed E-state index contributed by atoms with van der Waals surface area (Å²) < 4.78 is 0. The van der Waals surface area contributed by atoms with Crippen LogP contribution in [0.3, 0.4) is 0 Å². The minimum absolute atomic E-state index is 0.497. The molecule has 0 aromatic heterocycles. The fourth-order valence-corrected chi connectivity index (χ4v) is 8.68. The molecule has 0 fully saturated rings. The summed E-state index contributed by atoms with van der Waals surface area (Å²) in [6.07, 6.45) is 0. The molecule has 0 aliphatic heterocycles. The van der Waals surface area contributed by atoms with Crippen LogP contribution in [0.15, 0.2) is 0 Å². The fourth-order valence-electron chi connectivity index (χ4n) is 2.89. The van der Waals surface area contributed by atoms with E-state index in [1.807, 2.05) is 0 Å². The predicted octanol–water partition coefficient (Wildman–Crippen LogP) is 5.57. The highest BCUT2D eigenvalue weighted by atomic mass is 28.3. The van der Waals surface area contributed by atoms with Crippen LogP contribution >= 0.6 is 0 Å². The molecule has 15 heavy (non-hydrogen) atoms. The largest absolute Gasteiger partial charge is 0.0689 e. The van der Waals surface area contributed by atoms with E-state index in [9.17, 15) is 0 Å². The van der Waals surface area contributed by atoms with Crippen molar-refractivity contribution in [3.63, 3.8) is 0 Å². The Balaban J connectivity index is 4.76. The highest BCUT2D eigenvalue weighted by Crippen LogP contribution is 2.42. The van der Waals surface area contributed by atoms with Gasteiger partial charge in [0.2, 0.25) is 0 Å². The normalized spacial score (nSPS) is 14.8. The van der Waals surface area contributed by atoms with Crippen molar-refractivity contribution in [1.82, 2.24) is 0 Å². The van der Waals surface area contributed by atoms with Crippen molar-refractivity contribution in [3.05, 3.63) is 0 Å². The maximum atomic E-state index is 2.61. The molecule has 0 N–H and O–H groups in total. The molecule has 0 bridgehead atoms. The molecule has 0 aromatic carbocycles. The third kappa shape index (κ3) is 6.39. The van der Waals surface area contributed by atoms with E-state index in [-0.39, 0.29) is 0 Å². The Hall–Kier alpha value is 0.217. The monoisotopic (exact) mass is 228 g/mol. The zero-order valence-electron chi connectivity index (χ0n) is 12.5. The molecule has 0 aromatic rings. The second kappa shape index (κ2) is 4.61. The van der Waals surface area contributed by atoms with E-state index in [2.05, 4.69) is 61.9 Å². The molecule has 0 aliphatic carbocycles. The summed E-state index contributed by atoms with van der Waals surface area (Å²) in [6, 6.07) is 2.91. The van der Waals surface area contributed by atoms with Gasteiger partial charge in [0.05, 0.1) is 8.07 Å². The SMILES string of the molecule is CC(C)[Si](C)(CC(C)(C)C)CC(C)(C)C. The molecule has 0 heterocycles. The lowest BCUT2D eigenvalue weighted by molar-refractivity contribution is 0.429. The molecule has 0 amide bonds. The first-order valence-corrected chi connectivity index (χ1v) is 9.35. The maximum Gasteiger partial charge on any atom is 0.0540 e. The second-order valence-corrected chi connectivity index (χ2v) is 13.5. The van der Waals surface area contributed by atoms with Gasteiger partial charge in [-0.1, -0.05) is 79.6 Å². The van der Waals surface area contributed by atoms with E-state index in [0.29, 0.717) is 10.8 Å². The van der Waals surface area contributed by atoms with Crippen LogP contribution in [-0.2, 0) is 0 Å². The standard InChI is InChI=1S/C14H32Si/c1-12(2)15(9,10-13(3,4)5)11-14(6,7)8/h12H,10-11H2,1-9H3. The maximum absolute atomic E-state index is 2.61. The van der Waals surface area contributed by atoms with Crippen LogP contribution in [0.4, 0.5) is 0 Å². The molecule has 92 valence electrons. The molecule has 0 spiro atoms. The molecule has 0 radical (unpaired) electrons. The summed E-state index contributed by atoms with van der Waals surface area (Å²) in [4.78, 5) is 0. The van der Waals surface area contributed by atoms with Gasteiger partial charge in [0.1, 0.15) is 0 Å². The minimum atomic E-state index is -1.10. The van der Waals surface area contributed by atoms with Gasteiger partial charge in [-0.2, -0.15) is 0 Å². The summed E-state index contributed by atoms with van der Waals surface area (Å²) in [5.41, 5.74) is 1.89. The van der Waals surface area contributed by atoms with E-state index in [4.69, 9.17) is 0 Å². The summed E-state index contributed by atoms with van der Waals surface area (Å²) >= 11 is 0. The molecule has 0 nitrogen and oxygen atoms in total. The van der Waals surface area contributed by atoms with Crippen molar-refractivity contribution in [2.75, 3.05) is 0 Å². The van der Waals surface area contributed by atoms with Crippen molar-refractivity contribution in [2.45, 2.75) is 79.6 Å². The summed E-state index contributed by atoms with van der Waals surface area (Å²) in [5, 5.41) is 0. The molecular formula is C14H32Si. The first kappa shape index (κ1) is 15.2. The van der Waals surface area contributed by atoms with Gasteiger partial charge in [-0.05, 0) is 10.8 Å². The Labute approximate surface area is 98.9 Å². The van der Waals surface area contributed by atoms with E-state index < -0.39 is 8.07 Å². The first-order chi connectivity index (χ1) is 6.36. The van der Waals surface area contributed by atoms with Gasteiger partial charge < -0.3 is 0 Å². The van der Waals surface area contributed by atoms with Crippen molar-refractivity contribution in [2.24, 2.45) is 10.8 Å². The van der Waals surface area contributed by atoms with Gasteiger partial charge in [0.15, 0.2) is 0 Å². The zero-order valence-corrected chi connectivity index (χ0v) is 13.5. The molecule has 0 atom stereocenters. The topological polar surface area (TPSA) is 0 Å². The predicted molar refractivity (Wildman–Crippen MR) is 75.2 cm³/mol. The van der Waals surface area contributed by atoms with Crippen molar-refractivity contribution in [3.8, 4) is 0 Å². The molecular weight excluding hydrogens is 196 g/mol. The first-order valence-electron chi connectivity index (χ1n) is 6.36. The van der Waals surface area contributed by atoms with Crippen LogP contribution in [0.2, 0.25) is 24.2 Å². The van der Waals surface area contributed by atoms with Crippen LogP contribution in [-0.4, -0.2) is 8.07 Å². The van der Waals surface area contributed by atoms with Gasteiger partial charge >= 0.3 is 0 Å². The summed E-state index contributed by atoms with van der Waals surface area (Å²) in [7, 11) is -1.10. The van der Waals surface area contributed by atoms with Gasteiger partial charge in [0.25, 0.3) is 0 Å². The van der Waals surface area contributed by atoms with Gasteiger partial charge in [-0.3, -0.25) is 0 Å². The molecule has 1 heteroatoms. The lowest BCUT2D eigenvalue weighted by Crippen LogP contribution is -2.41. The lowest BCUT2D eigenvalue weighted by atomic mass is 10.00. The Bertz CT molecular complexity index is 174. The molecule has 0 saturated carbocycles. The van der Waals surface area contributed by atoms with E-state index in [0.717, 1.165) is 5.54 Å². The van der Waals surface area contributed by atoms with Gasteiger partial charge in [-0.15, -0.1) is 0 Å². The Morgan fingerprint density at radius 3 is 1.20 bits per heavy atom. The zero-order chi connectivity index (χ0) is 12.5. The highest BCUT2D eigenvalue weighted by Gasteiger charge is 2.38. The van der Waals surface area contributed by atoms with Crippen LogP contribution in [0, 0.1) is 10.8 Å². The average molecular weight is 228 g/mol. The number of hydrogen-bond acceptors (Lipinski definition) is 0. The highest BCUT2D eigenvalue weighted by molar-refractivity contribution is 6.80. The van der Waals surface area contributed by atoms with Crippen LogP contribution in [0.1, 0.15) is 55.4 Å². The minimum Gasteiger partial charge on any atom is -0.0689 e. The van der Waals surface area contributed by atoms with Crippen molar-refractivity contribution >= 4 is 8.07 Å². The quantitative estimate of drug-likeness (QED) is 0.554. The summed E-state index contributed by atoms with van der Waals surface area (Å²) in [6.45, 7) is 21.8. The summed E-state index contributed by atoms with van der Waals surface area (Å²) in [5.74, 6) is 0. The molecule has 0 rings (SSSR count). The number of hydrogen-bond donors (Lipinski definition) is 0. The third-order valence-corrected chi connectivity index (χ3v) is 9.79. The number of rotatable bonds is 3. The third-order valence-electron chi connectivity index (χ3n) is 3.26. The second-order valence-electron chi connectivity index (χ2n) is 8.28. The molecule has 0 unspecified atom stereocenters. The Morgan fingerprint density at radius 2 is 1.07 bits per heavy atom. The van der Waals surface area contributed by atoms with Crippen LogP contribution < -0.4 is 0 Å². The Kier molecular flexibility index (Phi) is 4.67. The fraction of sp³-hybridized carbons (Fsp3) is 1.00. The van der Waals surface area contributed by atoms with Crippen LogP contribution in [0.25, 0.3) is 0 Å². The molecule has 0 aliphatic rings. The van der Waals surface area contributed by atoms with Gasteiger partial charge in [-0.25, -0.2) is 0 Å². The van der Waals surface area contributed by atoms with Crippen LogP contribution in [0.5, 0.6) is 0 Å². The average Bonchev–Trinajstić information content (AvgIpc) is 1.75. The smallest absolute Gasteiger partial charge is 0.0540 e. The van der Waals surface area contributed by atoms with Gasteiger partial charge in [0, 0.05) is 0 Å².